The van der Waals surface area contributed by atoms with E-state index in [-0.39, 0.29) is 49.4 Å². The number of hydrogen-bond acceptors (Lipinski definition) is 6. The zero-order chi connectivity index (χ0) is 38.1. The second-order valence-corrected chi connectivity index (χ2v) is 15.9. The van der Waals surface area contributed by atoms with Crippen molar-refractivity contribution in [2.75, 3.05) is 36.0 Å². The monoisotopic (exact) mass is 766 g/mol. The van der Waals surface area contributed by atoms with Gasteiger partial charge in [-0.1, -0.05) is 30.3 Å². The maximum atomic E-state index is 16.4. The molecule has 0 amide bonds. The Hall–Kier alpha value is -5.01. The summed E-state index contributed by atoms with van der Waals surface area (Å²) in [6.45, 7) is 2.00. The van der Waals surface area contributed by atoms with E-state index in [1.807, 2.05) is 6.07 Å². The first-order valence-corrected chi connectivity index (χ1v) is 19.8. The van der Waals surface area contributed by atoms with Crippen LogP contribution in [0.5, 0.6) is 0 Å². The topological polar surface area (TPSA) is 87.9 Å². The Morgan fingerprint density at radius 3 is 1.62 bits per heavy atom. The maximum Gasteiger partial charge on any atom is 0.151 e. The van der Waals surface area contributed by atoms with E-state index in [9.17, 15) is 0 Å². The molecule has 0 aliphatic carbocycles. The van der Waals surface area contributed by atoms with Crippen LogP contribution in [0.2, 0.25) is 0 Å². The molecular formula is C43H43F5N8. The molecule has 6 aromatic rings. The average molecular weight is 767 g/mol. The number of fused-ring (bicyclic) bond motifs is 2. The van der Waals surface area contributed by atoms with Gasteiger partial charge >= 0.3 is 0 Å². The van der Waals surface area contributed by atoms with Crippen LogP contribution in [0.1, 0.15) is 104 Å². The molecule has 4 N–H and O–H groups in total. The summed E-state index contributed by atoms with van der Waals surface area (Å²) in [5.74, 6) is -1.14. The first-order chi connectivity index (χ1) is 27.2. The number of benzene rings is 4. The third-order valence-electron chi connectivity index (χ3n) is 12.6. The van der Waals surface area contributed by atoms with Gasteiger partial charge in [-0.05, 0) is 81.4 Å². The van der Waals surface area contributed by atoms with Crippen LogP contribution < -0.4 is 20.4 Å². The number of anilines is 2. The number of H-pyrrole nitrogens is 2. The van der Waals surface area contributed by atoms with Crippen molar-refractivity contribution in [2.45, 2.75) is 81.2 Å². The third kappa shape index (κ3) is 6.10. The lowest BCUT2D eigenvalue weighted by Crippen LogP contribution is -2.41. The van der Waals surface area contributed by atoms with Gasteiger partial charge in [0.05, 0.1) is 46.2 Å². The predicted octanol–water partition coefficient (Wildman–Crippen LogP) is 9.39. The van der Waals surface area contributed by atoms with Gasteiger partial charge in [-0.2, -0.15) is 0 Å². The first-order valence-electron chi connectivity index (χ1n) is 19.8. The molecule has 8 nitrogen and oxygen atoms in total. The summed E-state index contributed by atoms with van der Waals surface area (Å²) in [5, 5.41) is 6.84. The SMILES string of the molecule is Fc1cc2nc([C@@H]3CCCN3)[nH]c2cc1[C@H]1CC[C@@H](c2cc3[nH]c([C@@H]4CCCN4)nc3cc2F)N1c1cc(F)c(N2CCC(F)(c3ccccc3)CC2)c(F)c1. The molecule has 4 aliphatic rings. The van der Waals surface area contributed by atoms with E-state index in [0.717, 1.165) is 50.4 Å². The molecular weight excluding hydrogens is 724 g/mol. The van der Waals surface area contributed by atoms with Crippen molar-refractivity contribution in [1.82, 2.24) is 30.6 Å². The normalized spacial score (nSPS) is 23.9. The highest BCUT2D eigenvalue weighted by atomic mass is 19.2. The number of hydrogen-bond donors (Lipinski definition) is 4. The molecule has 0 radical (unpaired) electrons. The van der Waals surface area contributed by atoms with Crippen LogP contribution in [-0.2, 0) is 5.67 Å². The molecule has 0 spiro atoms. The Morgan fingerprint density at radius 1 is 0.625 bits per heavy atom. The lowest BCUT2D eigenvalue weighted by atomic mass is 9.86. The van der Waals surface area contributed by atoms with Gasteiger partial charge in [-0.3, -0.25) is 0 Å². The van der Waals surface area contributed by atoms with Crippen molar-refractivity contribution in [3.05, 3.63) is 118 Å². The molecule has 4 aliphatic heterocycles. The Kier molecular flexibility index (Phi) is 8.77. The zero-order valence-corrected chi connectivity index (χ0v) is 30.8. The van der Waals surface area contributed by atoms with Crippen molar-refractivity contribution in [3.8, 4) is 0 Å². The standard InChI is InChI=1S/C43H43F5N8/c44-28-22-36-34(51-41(53-36)32-8-4-14-49-32)20-26(28)38-10-11-39(27-21-35-37(23-29(27)45)54-42(52-35)33-9-5-15-50-33)56(38)25-18-30(46)40(31(47)19-25)55-16-12-43(48,13-17-55)24-6-2-1-3-7-24/h1-3,6-7,18-23,32-33,38-39,49-50H,4-5,8-17H2,(H,51,53)(H,52,54)/t32-,33-,38-,39+/m0/s1. The summed E-state index contributed by atoms with van der Waals surface area (Å²) in [5.41, 5.74) is 1.85. The quantitative estimate of drug-likeness (QED) is 0.121. The second-order valence-electron chi connectivity index (χ2n) is 15.9. The van der Waals surface area contributed by atoms with E-state index in [4.69, 9.17) is 0 Å². The van der Waals surface area contributed by atoms with Gasteiger partial charge < -0.3 is 30.4 Å². The molecule has 56 heavy (non-hydrogen) atoms. The van der Waals surface area contributed by atoms with Gasteiger partial charge in [0.1, 0.15) is 34.6 Å². The minimum atomic E-state index is -1.59. The second kappa shape index (κ2) is 13.9. The molecule has 4 atom stereocenters. The number of halogens is 5. The van der Waals surface area contributed by atoms with Crippen LogP contribution in [0, 0.1) is 23.3 Å². The van der Waals surface area contributed by atoms with Crippen molar-refractivity contribution in [3.63, 3.8) is 0 Å². The molecule has 4 aromatic carbocycles. The lowest BCUT2D eigenvalue weighted by Gasteiger charge is -2.38. The van der Waals surface area contributed by atoms with Gasteiger partial charge in [-0.15, -0.1) is 0 Å². The number of alkyl halides is 1. The van der Waals surface area contributed by atoms with Gasteiger partial charge in [-0.25, -0.2) is 31.9 Å². The number of rotatable bonds is 7. The maximum absolute atomic E-state index is 16.4. The fourth-order valence-corrected chi connectivity index (χ4v) is 9.71. The van der Waals surface area contributed by atoms with Crippen LogP contribution in [0.15, 0.2) is 66.7 Å². The summed E-state index contributed by atoms with van der Waals surface area (Å²) in [4.78, 5) is 19.4. The molecule has 0 bridgehead atoms. The zero-order valence-electron chi connectivity index (χ0n) is 30.8. The van der Waals surface area contributed by atoms with Crippen molar-refractivity contribution in [1.29, 1.82) is 0 Å². The lowest BCUT2D eigenvalue weighted by molar-refractivity contribution is 0.124. The summed E-state index contributed by atoms with van der Waals surface area (Å²) < 4.78 is 81.4. The van der Waals surface area contributed by atoms with E-state index in [2.05, 4.69) is 30.6 Å². The number of piperidine rings is 1. The summed E-state index contributed by atoms with van der Waals surface area (Å²) in [6.07, 6.45) is 4.83. The highest BCUT2D eigenvalue weighted by Crippen LogP contribution is 2.50. The van der Waals surface area contributed by atoms with E-state index in [1.165, 1.54) is 24.3 Å². The van der Waals surface area contributed by atoms with Crippen LogP contribution in [0.4, 0.5) is 33.3 Å². The fraction of sp³-hybridized carbons (Fsp3) is 0.395. The smallest absolute Gasteiger partial charge is 0.151 e. The van der Waals surface area contributed by atoms with Gasteiger partial charge in [0.25, 0.3) is 0 Å². The summed E-state index contributed by atoms with van der Waals surface area (Å²) in [6, 6.07) is 16.4. The Bertz CT molecular complexity index is 2280. The molecule has 4 saturated heterocycles. The van der Waals surface area contributed by atoms with Gasteiger partial charge in [0, 0.05) is 54.9 Å². The molecule has 0 unspecified atom stereocenters. The Labute approximate surface area is 320 Å². The molecule has 0 saturated carbocycles. The molecule has 13 heteroatoms. The molecule has 6 heterocycles. The predicted molar refractivity (Wildman–Crippen MR) is 206 cm³/mol. The summed E-state index contributed by atoms with van der Waals surface area (Å²) >= 11 is 0. The number of aromatic amines is 2. The average Bonchev–Trinajstić information content (AvgIpc) is 4.05. The molecule has 2 aromatic heterocycles. The van der Waals surface area contributed by atoms with Crippen LogP contribution in [0.3, 0.4) is 0 Å². The number of nitrogens with one attached hydrogen (secondary N) is 4. The van der Waals surface area contributed by atoms with E-state index in [1.54, 1.807) is 46.2 Å². The molecule has 10 rings (SSSR count). The minimum absolute atomic E-state index is 0.0515. The van der Waals surface area contributed by atoms with E-state index < -0.39 is 41.0 Å². The highest BCUT2D eigenvalue weighted by Gasteiger charge is 2.41. The van der Waals surface area contributed by atoms with Crippen LogP contribution in [-0.4, -0.2) is 46.1 Å². The van der Waals surface area contributed by atoms with Crippen LogP contribution in [0.25, 0.3) is 22.1 Å². The molecule has 290 valence electrons. The minimum Gasteiger partial charge on any atom is -0.367 e. The number of aromatic nitrogens is 4. The van der Waals surface area contributed by atoms with Gasteiger partial charge in [0.15, 0.2) is 11.6 Å². The largest absolute Gasteiger partial charge is 0.367 e. The van der Waals surface area contributed by atoms with Crippen molar-refractivity contribution in [2.24, 2.45) is 0 Å². The Morgan fingerprint density at radius 2 is 1.14 bits per heavy atom. The van der Waals surface area contributed by atoms with Crippen molar-refractivity contribution < 1.29 is 22.0 Å². The first kappa shape index (κ1) is 35.4. The Balaban J connectivity index is 1.03. The van der Waals surface area contributed by atoms with Crippen molar-refractivity contribution >= 4 is 33.4 Å². The van der Waals surface area contributed by atoms with E-state index >= 15 is 22.0 Å². The number of imidazole rings is 2. The highest BCUT2D eigenvalue weighted by molar-refractivity contribution is 5.78. The van der Waals surface area contributed by atoms with Crippen LogP contribution >= 0.6 is 0 Å². The fourth-order valence-electron chi connectivity index (χ4n) is 9.71. The third-order valence-corrected chi connectivity index (χ3v) is 12.6. The molecule has 4 fully saturated rings. The number of nitrogens with zero attached hydrogens (tertiary/aromatic N) is 4. The van der Waals surface area contributed by atoms with Gasteiger partial charge in [0.2, 0.25) is 0 Å². The van der Waals surface area contributed by atoms with E-state index in [0.29, 0.717) is 51.6 Å². The summed E-state index contributed by atoms with van der Waals surface area (Å²) in [7, 11) is 0.